The first-order valence-electron chi connectivity index (χ1n) is 13.4. The molecule has 3 aromatic rings. The molecule has 1 spiro atoms. The van der Waals surface area contributed by atoms with E-state index in [1.807, 2.05) is 4.90 Å². The molecule has 0 aliphatic carbocycles. The van der Waals surface area contributed by atoms with Crippen molar-refractivity contribution in [2.45, 2.75) is 30.9 Å². The molecule has 14 heteroatoms. The molecule has 7 rings (SSSR count). The second kappa shape index (κ2) is 9.07. The maximum absolute atomic E-state index is 15.9. The van der Waals surface area contributed by atoms with Crippen LogP contribution in [0.15, 0.2) is 42.7 Å². The van der Waals surface area contributed by atoms with Crippen molar-refractivity contribution >= 4 is 21.4 Å². The number of carbonyl (C=O) groups excluding carboxylic acids is 1. The van der Waals surface area contributed by atoms with Gasteiger partial charge in [0.05, 0.1) is 42.2 Å². The van der Waals surface area contributed by atoms with Crippen molar-refractivity contribution in [2.75, 3.05) is 42.7 Å². The lowest BCUT2D eigenvalue weighted by atomic mass is 9.74. The molecular formula is C28H27F4N5O4S. The van der Waals surface area contributed by atoms with Crippen LogP contribution < -0.4 is 4.90 Å². The minimum atomic E-state index is -4.68. The van der Waals surface area contributed by atoms with Gasteiger partial charge in [-0.3, -0.25) is 9.69 Å². The fourth-order valence-electron chi connectivity index (χ4n) is 6.90. The van der Waals surface area contributed by atoms with Gasteiger partial charge < -0.3 is 14.2 Å². The quantitative estimate of drug-likeness (QED) is 0.398. The van der Waals surface area contributed by atoms with Crippen LogP contribution in [0.2, 0.25) is 0 Å². The van der Waals surface area contributed by atoms with E-state index in [2.05, 4.69) is 10.2 Å². The lowest BCUT2D eigenvalue weighted by molar-refractivity contribution is -0.138. The van der Waals surface area contributed by atoms with Crippen molar-refractivity contribution in [3.63, 3.8) is 0 Å². The van der Waals surface area contributed by atoms with Gasteiger partial charge in [-0.2, -0.15) is 13.2 Å². The number of sulfone groups is 1. The van der Waals surface area contributed by atoms with Crippen LogP contribution in [0.3, 0.4) is 0 Å². The number of amides is 1. The zero-order valence-corrected chi connectivity index (χ0v) is 23.4. The fourth-order valence-corrected chi connectivity index (χ4v) is 9.05. The molecule has 0 radical (unpaired) electrons. The Bertz CT molecular complexity index is 1700. The third-order valence-electron chi connectivity index (χ3n) is 8.89. The Balaban J connectivity index is 1.17. The largest absolute Gasteiger partial charge is 0.416 e. The standard InChI is InChI=1S/C28H27F4N5O4S/c1-35-16-33-34-24(35)23(29)27(12-41-13-27)18-3-2-4-19(7-18)37-9-21-20(25(37)38)5-17(6-22(21)28(30,31)32)8-36-10-26(11-36)14-42(39,40)15-26/h2-7,16,23H,8-15H2,1H3/t23-/m1/s1. The van der Waals surface area contributed by atoms with Crippen molar-refractivity contribution in [3.05, 3.63) is 76.4 Å². The first kappa shape index (κ1) is 27.5. The number of hydrogen-bond acceptors (Lipinski definition) is 7. The monoisotopic (exact) mass is 605 g/mol. The normalized spacial score (nSPS) is 22.8. The van der Waals surface area contributed by atoms with Crippen molar-refractivity contribution in [1.29, 1.82) is 0 Å². The van der Waals surface area contributed by atoms with E-state index in [9.17, 15) is 26.4 Å². The van der Waals surface area contributed by atoms with E-state index in [0.29, 0.717) is 29.9 Å². The zero-order valence-electron chi connectivity index (χ0n) is 22.6. The number of benzene rings is 2. The van der Waals surface area contributed by atoms with Gasteiger partial charge in [0.25, 0.3) is 5.91 Å². The van der Waals surface area contributed by atoms with Crippen LogP contribution in [-0.2, 0) is 46.3 Å². The lowest BCUT2D eigenvalue weighted by Crippen LogP contribution is -2.67. The summed E-state index contributed by atoms with van der Waals surface area (Å²) < 4.78 is 88.7. The molecule has 0 saturated carbocycles. The van der Waals surface area contributed by atoms with Gasteiger partial charge in [-0.25, -0.2) is 12.8 Å². The van der Waals surface area contributed by atoms with Crippen molar-refractivity contribution in [3.8, 4) is 0 Å². The average Bonchev–Trinajstić information content (AvgIpc) is 3.43. The minimum absolute atomic E-state index is 0.0177. The summed E-state index contributed by atoms with van der Waals surface area (Å²) in [6.45, 7) is 1.04. The fraction of sp³-hybridized carbons (Fsp3) is 0.464. The Morgan fingerprint density at radius 1 is 1.12 bits per heavy atom. The number of ether oxygens (including phenoxy) is 1. The smallest absolute Gasteiger partial charge is 0.379 e. The molecular weight excluding hydrogens is 578 g/mol. The predicted molar refractivity (Wildman–Crippen MR) is 142 cm³/mol. The highest BCUT2D eigenvalue weighted by molar-refractivity contribution is 7.92. The molecule has 4 aliphatic rings. The third kappa shape index (κ3) is 4.25. The van der Waals surface area contributed by atoms with Gasteiger partial charge in [-0.1, -0.05) is 12.1 Å². The van der Waals surface area contributed by atoms with E-state index in [-0.39, 0.29) is 60.2 Å². The van der Waals surface area contributed by atoms with Gasteiger partial charge in [0.1, 0.15) is 6.33 Å². The lowest BCUT2D eigenvalue weighted by Gasteiger charge is -2.55. The second-order valence-electron chi connectivity index (χ2n) is 12.1. The van der Waals surface area contributed by atoms with Crippen LogP contribution in [0, 0.1) is 5.41 Å². The van der Waals surface area contributed by atoms with E-state index in [1.165, 1.54) is 21.9 Å². The summed E-state index contributed by atoms with van der Waals surface area (Å²) in [6, 6.07) is 9.22. The molecule has 1 aromatic heterocycles. The minimum Gasteiger partial charge on any atom is -0.379 e. The molecule has 9 nitrogen and oxygen atoms in total. The van der Waals surface area contributed by atoms with Crippen molar-refractivity contribution in [2.24, 2.45) is 12.5 Å². The summed E-state index contributed by atoms with van der Waals surface area (Å²) in [5.41, 5.74) is -1.11. The number of anilines is 1. The first-order valence-corrected chi connectivity index (χ1v) is 15.3. The van der Waals surface area contributed by atoms with E-state index in [4.69, 9.17) is 4.74 Å². The number of carbonyl (C=O) groups is 1. The van der Waals surface area contributed by atoms with E-state index >= 15 is 4.39 Å². The highest BCUT2D eigenvalue weighted by Crippen LogP contribution is 2.47. The Morgan fingerprint density at radius 2 is 1.86 bits per heavy atom. The summed E-state index contributed by atoms with van der Waals surface area (Å²) in [6.07, 6.45) is -4.84. The van der Waals surface area contributed by atoms with Crippen LogP contribution in [0.25, 0.3) is 0 Å². The molecule has 0 bridgehead atoms. The van der Waals surface area contributed by atoms with E-state index in [1.54, 1.807) is 31.3 Å². The summed E-state index contributed by atoms with van der Waals surface area (Å²) in [5, 5.41) is 7.67. The molecule has 1 atom stereocenters. The summed E-state index contributed by atoms with van der Waals surface area (Å²) in [4.78, 5) is 16.8. The molecule has 42 heavy (non-hydrogen) atoms. The summed E-state index contributed by atoms with van der Waals surface area (Å²) in [5.74, 6) is -0.224. The molecule has 5 heterocycles. The number of likely N-dealkylation sites (tertiary alicyclic amines) is 1. The number of fused-ring (bicyclic) bond motifs is 1. The Labute approximate surface area is 239 Å². The van der Waals surface area contributed by atoms with Crippen molar-refractivity contribution in [1.82, 2.24) is 19.7 Å². The van der Waals surface area contributed by atoms with Gasteiger partial charge in [0.15, 0.2) is 21.8 Å². The number of hydrogen-bond donors (Lipinski definition) is 0. The molecule has 0 N–H and O–H groups in total. The topological polar surface area (TPSA) is 97.6 Å². The van der Waals surface area contributed by atoms with E-state index < -0.39 is 39.1 Å². The number of rotatable bonds is 6. The number of halogens is 4. The van der Waals surface area contributed by atoms with Crippen LogP contribution in [0.5, 0.6) is 0 Å². The van der Waals surface area contributed by atoms with Crippen LogP contribution >= 0.6 is 0 Å². The van der Waals surface area contributed by atoms with Gasteiger partial charge in [-0.05, 0) is 41.0 Å². The molecule has 222 valence electrons. The predicted octanol–water partition coefficient (Wildman–Crippen LogP) is 3.20. The van der Waals surface area contributed by atoms with Gasteiger partial charge in [0.2, 0.25) is 0 Å². The third-order valence-corrected chi connectivity index (χ3v) is 11.0. The molecule has 1 amide bonds. The highest BCUT2D eigenvalue weighted by atomic mass is 32.2. The van der Waals surface area contributed by atoms with Gasteiger partial charge >= 0.3 is 6.18 Å². The highest BCUT2D eigenvalue weighted by Gasteiger charge is 2.56. The zero-order chi connectivity index (χ0) is 29.7. The van der Waals surface area contributed by atoms with Crippen LogP contribution in [-0.4, -0.2) is 71.8 Å². The maximum atomic E-state index is 15.9. The molecule has 3 fully saturated rings. The van der Waals surface area contributed by atoms with E-state index in [0.717, 1.165) is 6.07 Å². The first-order chi connectivity index (χ1) is 19.8. The second-order valence-corrected chi connectivity index (χ2v) is 14.2. The average molecular weight is 606 g/mol. The summed E-state index contributed by atoms with van der Waals surface area (Å²) in [7, 11) is -1.37. The van der Waals surface area contributed by atoms with Crippen LogP contribution in [0.1, 0.15) is 44.6 Å². The molecule has 3 saturated heterocycles. The SMILES string of the molecule is Cn1cnnc1[C@@H](F)C1(c2cccc(N3Cc4c(cc(CN5CC6(C5)CS(=O)(=O)C6)cc4C(F)(F)F)C3=O)c2)COC1. The number of aryl methyl sites for hydroxylation is 1. The molecule has 0 unspecified atom stereocenters. The van der Waals surface area contributed by atoms with Crippen LogP contribution in [0.4, 0.5) is 23.2 Å². The Morgan fingerprint density at radius 3 is 2.45 bits per heavy atom. The Hall–Kier alpha value is -3.36. The molecule has 2 aromatic carbocycles. The van der Waals surface area contributed by atoms with Crippen molar-refractivity contribution < 1.29 is 35.5 Å². The number of alkyl halides is 4. The summed E-state index contributed by atoms with van der Waals surface area (Å²) >= 11 is 0. The van der Waals surface area contributed by atoms with Gasteiger partial charge in [0, 0.05) is 43.3 Å². The Kier molecular flexibility index (Phi) is 5.93. The van der Waals surface area contributed by atoms with Gasteiger partial charge in [-0.15, -0.1) is 10.2 Å². The maximum Gasteiger partial charge on any atom is 0.416 e. The number of nitrogens with zero attached hydrogens (tertiary/aromatic N) is 5. The molecule has 4 aliphatic heterocycles. The number of aromatic nitrogens is 3.